The predicted molar refractivity (Wildman–Crippen MR) is 128 cm³/mol. The smallest absolute Gasteiger partial charge is 0.227 e. The van der Waals surface area contributed by atoms with Crippen molar-refractivity contribution in [2.75, 3.05) is 23.9 Å². The van der Waals surface area contributed by atoms with Crippen LogP contribution in [0.5, 0.6) is 0 Å². The van der Waals surface area contributed by atoms with E-state index in [0.717, 1.165) is 34.5 Å². The monoisotopic (exact) mass is 431 g/mol. The molecular formula is C24H29N7O. The molecule has 0 saturated heterocycles. The van der Waals surface area contributed by atoms with Crippen molar-refractivity contribution in [2.24, 2.45) is 0 Å². The molecule has 0 aliphatic rings. The number of pyridine rings is 1. The van der Waals surface area contributed by atoms with E-state index in [1.54, 1.807) is 12.5 Å². The Hall–Kier alpha value is -3.52. The number of aliphatic hydroxyl groups is 1. The van der Waals surface area contributed by atoms with Gasteiger partial charge in [0.15, 0.2) is 17.0 Å². The zero-order chi connectivity index (χ0) is 22.7. The Morgan fingerprint density at radius 1 is 1.06 bits per heavy atom. The molecule has 8 nitrogen and oxygen atoms in total. The van der Waals surface area contributed by atoms with Gasteiger partial charge in [-0.2, -0.15) is 9.97 Å². The van der Waals surface area contributed by atoms with Gasteiger partial charge in [-0.05, 0) is 44.5 Å². The molecule has 4 aromatic rings. The Bertz CT molecular complexity index is 1170. The van der Waals surface area contributed by atoms with Crippen molar-refractivity contribution < 1.29 is 5.11 Å². The maximum Gasteiger partial charge on any atom is 0.227 e. The number of aromatic nitrogens is 5. The molecular weight excluding hydrogens is 402 g/mol. The van der Waals surface area contributed by atoms with E-state index in [1.807, 2.05) is 53.8 Å². The van der Waals surface area contributed by atoms with Crippen LogP contribution in [0.1, 0.15) is 33.2 Å². The molecule has 3 heterocycles. The molecule has 0 aliphatic carbocycles. The van der Waals surface area contributed by atoms with Crippen LogP contribution in [0, 0.1) is 0 Å². The van der Waals surface area contributed by atoms with Gasteiger partial charge in [-0.15, -0.1) is 0 Å². The number of hydrogen-bond donors (Lipinski definition) is 2. The first-order valence-corrected chi connectivity index (χ1v) is 10.9. The summed E-state index contributed by atoms with van der Waals surface area (Å²) in [4.78, 5) is 20.5. The summed E-state index contributed by atoms with van der Waals surface area (Å²) in [5.41, 5.74) is 4.46. The van der Waals surface area contributed by atoms with Crippen molar-refractivity contribution in [2.45, 2.75) is 39.3 Å². The molecule has 8 heteroatoms. The van der Waals surface area contributed by atoms with Crippen LogP contribution in [0.2, 0.25) is 0 Å². The molecule has 166 valence electrons. The topological polar surface area (TPSA) is 92.0 Å². The molecule has 0 radical (unpaired) electrons. The summed E-state index contributed by atoms with van der Waals surface area (Å²) in [5.74, 6) is 1.18. The van der Waals surface area contributed by atoms with E-state index in [1.165, 1.54) is 0 Å². The molecule has 0 saturated carbocycles. The number of anilines is 3. The van der Waals surface area contributed by atoms with Gasteiger partial charge in [0.25, 0.3) is 0 Å². The second-order valence-corrected chi connectivity index (χ2v) is 8.04. The van der Waals surface area contributed by atoms with E-state index >= 15 is 0 Å². The quantitative estimate of drug-likeness (QED) is 0.427. The highest BCUT2D eigenvalue weighted by molar-refractivity contribution is 5.87. The molecule has 0 spiro atoms. The van der Waals surface area contributed by atoms with Gasteiger partial charge >= 0.3 is 0 Å². The predicted octanol–water partition coefficient (Wildman–Crippen LogP) is 4.42. The van der Waals surface area contributed by atoms with Gasteiger partial charge in [0.2, 0.25) is 5.95 Å². The first-order chi connectivity index (χ1) is 15.5. The minimum Gasteiger partial charge on any atom is -0.394 e. The van der Waals surface area contributed by atoms with Gasteiger partial charge in [0.1, 0.15) is 0 Å². The van der Waals surface area contributed by atoms with Crippen molar-refractivity contribution >= 4 is 28.6 Å². The normalized spacial score (nSPS) is 12.3. The van der Waals surface area contributed by atoms with E-state index in [4.69, 9.17) is 9.97 Å². The Morgan fingerprint density at radius 3 is 2.47 bits per heavy atom. The third-order valence-corrected chi connectivity index (χ3v) is 5.54. The van der Waals surface area contributed by atoms with Crippen LogP contribution in [0.4, 0.5) is 17.5 Å². The van der Waals surface area contributed by atoms with Gasteiger partial charge in [-0.1, -0.05) is 25.1 Å². The molecule has 0 bridgehead atoms. The van der Waals surface area contributed by atoms with Gasteiger partial charge < -0.3 is 19.9 Å². The molecule has 3 aromatic heterocycles. The first kappa shape index (κ1) is 21.7. The summed E-state index contributed by atoms with van der Waals surface area (Å²) in [6.45, 7) is 6.22. The lowest BCUT2D eigenvalue weighted by Gasteiger charge is -2.21. The maximum absolute atomic E-state index is 9.63. The molecule has 4 rings (SSSR count). The lowest BCUT2D eigenvalue weighted by Crippen LogP contribution is -2.24. The second kappa shape index (κ2) is 9.32. The molecule has 0 unspecified atom stereocenters. The van der Waals surface area contributed by atoms with E-state index in [2.05, 4.69) is 41.3 Å². The molecule has 0 amide bonds. The fourth-order valence-corrected chi connectivity index (χ4v) is 3.55. The van der Waals surface area contributed by atoms with Crippen molar-refractivity contribution in [3.05, 3.63) is 55.0 Å². The summed E-state index contributed by atoms with van der Waals surface area (Å²) >= 11 is 0. The van der Waals surface area contributed by atoms with Gasteiger partial charge in [0, 0.05) is 30.5 Å². The van der Waals surface area contributed by atoms with E-state index in [-0.39, 0.29) is 18.7 Å². The number of aliphatic hydroxyl groups excluding tert-OH is 1. The fourth-order valence-electron chi connectivity index (χ4n) is 3.55. The molecule has 2 N–H and O–H groups in total. The summed E-state index contributed by atoms with van der Waals surface area (Å²) < 4.78 is 2.03. The highest BCUT2D eigenvalue weighted by Gasteiger charge is 2.19. The Morgan fingerprint density at radius 2 is 1.84 bits per heavy atom. The second-order valence-electron chi connectivity index (χ2n) is 8.04. The van der Waals surface area contributed by atoms with Crippen molar-refractivity contribution in [1.82, 2.24) is 24.5 Å². The number of benzene rings is 1. The number of imidazole rings is 1. The molecule has 1 atom stereocenters. The number of rotatable bonds is 8. The van der Waals surface area contributed by atoms with Crippen LogP contribution in [0.3, 0.4) is 0 Å². The number of nitrogens with one attached hydrogen (secondary N) is 1. The van der Waals surface area contributed by atoms with Crippen LogP contribution in [0.15, 0.2) is 55.0 Å². The zero-order valence-corrected chi connectivity index (χ0v) is 18.9. The van der Waals surface area contributed by atoms with Crippen LogP contribution < -0.4 is 10.2 Å². The highest BCUT2D eigenvalue weighted by atomic mass is 16.3. The maximum atomic E-state index is 9.63. The van der Waals surface area contributed by atoms with Gasteiger partial charge in [-0.3, -0.25) is 4.98 Å². The minimum absolute atomic E-state index is 0.0154. The van der Waals surface area contributed by atoms with Gasteiger partial charge in [0.05, 0.1) is 24.7 Å². The highest BCUT2D eigenvalue weighted by Crippen LogP contribution is 2.31. The fraction of sp³-hybridized carbons (Fsp3) is 0.333. The molecule has 1 aromatic carbocycles. The van der Waals surface area contributed by atoms with Gasteiger partial charge in [-0.25, -0.2) is 4.98 Å². The van der Waals surface area contributed by atoms with Crippen molar-refractivity contribution in [3.63, 3.8) is 0 Å². The number of nitrogens with zero attached hydrogens (tertiary/aromatic N) is 6. The summed E-state index contributed by atoms with van der Waals surface area (Å²) in [7, 11) is 1.97. The minimum atomic E-state index is -0.112. The Balaban J connectivity index is 1.74. The third kappa shape index (κ3) is 4.27. The standard InChI is InChI=1S/C24H29N7O/c1-5-18(14-32)27-24-28-22(21-23(29-24)31(15-26-21)16(2)3)30(4)19-11-9-17(10-12-19)20-8-6-7-13-25-20/h6-13,15-16,18,32H,5,14H2,1-4H3,(H,27,28,29)/t18-/m1/s1. The van der Waals surface area contributed by atoms with Crippen LogP contribution in [-0.4, -0.2) is 49.3 Å². The average molecular weight is 432 g/mol. The lowest BCUT2D eigenvalue weighted by molar-refractivity contribution is 0.271. The molecule has 0 aliphatic heterocycles. The summed E-state index contributed by atoms with van der Waals surface area (Å²) in [6, 6.07) is 14.2. The van der Waals surface area contributed by atoms with E-state index < -0.39 is 0 Å². The Labute approximate surface area is 188 Å². The van der Waals surface area contributed by atoms with Crippen molar-refractivity contribution in [1.29, 1.82) is 0 Å². The number of hydrogen-bond acceptors (Lipinski definition) is 7. The molecule has 32 heavy (non-hydrogen) atoms. The van der Waals surface area contributed by atoms with E-state index in [9.17, 15) is 5.11 Å². The summed E-state index contributed by atoms with van der Waals surface area (Å²) in [6.07, 6.45) is 4.36. The lowest BCUT2D eigenvalue weighted by atomic mass is 10.1. The number of fused-ring (bicyclic) bond motifs is 1. The third-order valence-electron chi connectivity index (χ3n) is 5.54. The summed E-state index contributed by atoms with van der Waals surface area (Å²) in [5, 5.41) is 12.9. The van der Waals surface area contributed by atoms with Crippen molar-refractivity contribution in [3.8, 4) is 11.3 Å². The molecule has 0 fully saturated rings. The SMILES string of the molecule is CC[C@H](CO)Nc1nc(N(C)c2ccc(-c3ccccn3)cc2)c2ncn(C(C)C)c2n1. The first-order valence-electron chi connectivity index (χ1n) is 10.9. The van der Waals surface area contributed by atoms with Crippen LogP contribution >= 0.6 is 0 Å². The Kier molecular flexibility index (Phi) is 6.32. The van der Waals surface area contributed by atoms with Crippen LogP contribution in [-0.2, 0) is 0 Å². The largest absolute Gasteiger partial charge is 0.394 e. The van der Waals surface area contributed by atoms with E-state index in [0.29, 0.717) is 11.8 Å². The average Bonchev–Trinajstić information content (AvgIpc) is 3.26. The zero-order valence-electron chi connectivity index (χ0n) is 18.9. The van der Waals surface area contributed by atoms with Crippen LogP contribution in [0.25, 0.3) is 22.4 Å².